The summed E-state index contributed by atoms with van der Waals surface area (Å²) in [5, 5.41) is 2.65. The number of ether oxygens (including phenoxy) is 2. The van der Waals surface area contributed by atoms with Crippen LogP contribution in [-0.4, -0.2) is 48.4 Å². The third-order valence-electron chi connectivity index (χ3n) is 4.68. The highest BCUT2D eigenvalue weighted by molar-refractivity contribution is 6.18. The molecule has 0 saturated heterocycles. The molecule has 0 heterocycles. The zero-order chi connectivity index (χ0) is 24.6. The van der Waals surface area contributed by atoms with Crippen LogP contribution in [0.2, 0.25) is 0 Å². The van der Waals surface area contributed by atoms with E-state index in [1.807, 2.05) is 25.1 Å². The number of esters is 1. The first-order chi connectivity index (χ1) is 15.5. The summed E-state index contributed by atoms with van der Waals surface area (Å²) >= 11 is 11.8. The van der Waals surface area contributed by atoms with Gasteiger partial charge < -0.3 is 19.7 Å². The van der Waals surface area contributed by atoms with Crippen molar-refractivity contribution in [3.63, 3.8) is 0 Å². The molecule has 1 amide bonds. The summed E-state index contributed by atoms with van der Waals surface area (Å²) in [4.78, 5) is 26.7. The molecule has 1 N–H and O–H groups in total. The largest absolute Gasteiger partial charge is 0.458 e. The van der Waals surface area contributed by atoms with Gasteiger partial charge in [-0.05, 0) is 82.6 Å². The molecule has 0 aliphatic rings. The number of aryl methyl sites for hydroxylation is 1. The maximum atomic E-state index is 12.5. The summed E-state index contributed by atoms with van der Waals surface area (Å²) in [5.41, 5.74) is 1.92. The molecular weight excluding hydrogens is 463 g/mol. The van der Waals surface area contributed by atoms with E-state index in [1.165, 1.54) is 0 Å². The topological polar surface area (TPSA) is 67.9 Å². The molecule has 0 bridgehead atoms. The van der Waals surface area contributed by atoms with Gasteiger partial charge in [-0.15, -0.1) is 23.2 Å². The molecule has 2 rings (SSSR count). The number of nitrogens with one attached hydrogen (secondary N) is 1. The number of carbonyl (C=O) groups is 2. The van der Waals surface area contributed by atoms with E-state index in [-0.39, 0.29) is 5.91 Å². The Balaban J connectivity index is 2.02. The normalized spacial score (nSPS) is 12.1. The first kappa shape index (κ1) is 26.8. The summed E-state index contributed by atoms with van der Waals surface area (Å²) in [6, 6.07) is 11.8. The van der Waals surface area contributed by atoms with E-state index in [0.29, 0.717) is 41.9 Å². The second-order valence-electron chi connectivity index (χ2n) is 8.67. The van der Waals surface area contributed by atoms with Gasteiger partial charge in [0.25, 0.3) is 5.91 Å². The number of alkyl halides is 2. The standard InChI is InChI=1S/C25H32Cl2N2O4/c1-17-16-21(10-11-22(17)29(14-12-26)15-13-27)32-20-8-6-19(7-9-20)23(30)28-18(2)24(31)33-25(3,4)5/h6-11,16,18H,12-15H2,1-5H3,(H,28,30)/t18-/m0/s1. The molecular formula is C25H32Cl2N2O4. The summed E-state index contributed by atoms with van der Waals surface area (Å²) in [6.45, 7) is 10.4. The number of nitrogens with zero attached hydrogens (tertiary/aromatic N) is 1. The highest BCUT2D eigenvalue weighted by Gasteiger charge is 2.23. The average Bonchev–Trinajstić information content (AvgIpc) is 2.73. The minimum absolute atomic E-state index is 0.362. The van der Waals surface area contributed by atoms with E-state index in [0.717, 1.165) is 11.3 Å². The second kappa shape index (κ2) is 12.1. The van der Waals surface area contributed by atoms with Gasteiger partial charge in [0.1, 0.15) is 23.1 Å². The molecule has 0 saturated carbocycles. The molecule has 8 heteroatoms. The van der Waals surface area contributed by atoms with Gasteiger partial charge in [0.2, 0.25) is 0 Å². The quantitative estimate of drug-likeness (QED) is 0.347. The van der Waals surface area contributed by atoms with E-state index in [2.05, 4.69) is 10.2 Å². The molecule has 33 heavy (non-hydrogen) atoms. The molecule has 0 aliphatic heterocycles. The number of hydrogen-bond acceptors (Lipinski definition) is 5. The molecule has 6 nitrogen and oxygen atoms in total. The Morgan fingerprint density at radius 3 is 2.09 bits per heavy atom. The fourth-order valence-corrected chi connectivity index (χ4v) is 3.55. The van der Waals surface area contributed by atoms with Gasteiger partial charge in [-0.25, -0.2) is 4.79 Å². The van der Waals surface area contributed by atoms with E-state index in [1.54, 1.807) is 52.0 Å². The predicted molar refractivity (Wildman–Crippen MR) is 134 cm³/mol. The van der Waals surface area contributed by atoms with Gasteiger partial charge in [-0.1, -0.05) is 0 Å². The van der Waals surface area contributed by atoms with E-state index >= 15 is 0 Å². The van der Waals surface area contributed by atoms with Gasteiger partial charge in [-0.2, -0.15) is 0 Å². The molecule has 0 radical (unpaired) electrons. The van der Waals surface area contributed by atoms with Gasteiger partial charge in [0.15, 0.2) is 0 Å². The molecule has 1 atom stereocenters. The summed E-state index contributed by atoms with van der Waals surface area (Å²) < 4.78 is 11.2. The molecule has 180 valence electrons. The van der Waals surface area contributed by atoms with Crippen LogP contribution in [0.4, 0.5) is 5.69 Å². The lowest BCUT2D eigenvalue weighted by atomic mass is 10.1. The smallest absolute Gasteiger partial charge is 0.328 e. The lowest BCUT2D eigenvalue weighted by Crippen LogP contribution is -2.42. The second-order valence-corrected chi connectivity index (χ2v) is 9.42. The van der Waals surface area contributed by atoms with Gasteiger partial charge in [-0.3, -0.25) is 4.79 Å². The van der Waals surface area contributed by atoms with E-state index in [4.69, 9.17) is 32.7 Å². The monoisotopic (exact) mass is 494 g/mol. The van der Waals surface area contributed by atoms with Crippen LogP contribution in [0.5, 0.6) is 11.5 Å². The highest BCUT2D eigenvalue weighted by Crippen LogP contribution is 2.28. The number of halogens is 2. The van der Waals surface area contributed by atoms with Crippen molar-refractivity contribution < 1.29 is 19.1 Å². The Morgan fingerprint density at radius 2 is 1.58 bits per heavy atom. The van der Waals surface area contributed by atoms with Crippen molar-refractivity contribution >= 4 is 40.8 Å². The number of hydrogen-bond donors (Lipinski definition) is 1. The van der Waals surface area contributed by atoms with Gasteiger partial charge in [0, 0.05) is 36.1 Å². The molecule has 0 fully saturated rings. The SMILES string of the molecule is Cc1cc(Oc2ccc(C(=O)N[C@@H](C)C(=O)OC(C)(C)C)cc2)ccc1N(CCCl)CCCl. The van der Waals surface area contributed by atoms with Gasteiger partial charge in [0.05, 0.1) is 0 Å². The highest BCUT2D eigenvalue weighted by atomic mass is 35.5. The molecule has 2 aromatic rings. The fraction of sp³-hybridized carbons (Fsp3) is 0.440. The van der Waals surface area contributed by atoms with Crippen LogP contribution in [0.3, 0.4) is 0 Å². The Labute approximate surface area is 206 Å². The Bertz CT molecular complexity index is 936. The molecule has 0 aliphatic carbocycles. The van der Waals surface area contributed by atoms with Crippen molar-refractivity contribution in [1.29, 1.82) is 0 Å². The first-order valence-electron chi connectivity index (χ1n) is 10.8. The van der Waals surface area contributed by atoms with Crippen molar-refractivity contribution in [3.05, 3.63) is 53.6 Å². The van der Waals surface area contributed by atoms with Crippen LogP contribution < -0.4 is 15.0 Å². The van der Waals surface area contributed by atoms with Gasteiger partial charge >= 0.3 is 5.97 Å². The third-order valence-corrected chi connectivity index (χ3v) is 5.02. The van der Waals surface area contributed by atoms with Crippen molar-refractivity contribution in [1.82, 2.24) is 5.32 Å². The predicted octanol–water partition coefficient (Wildman–Crippen LogP) is 5.53. The van der Waals surface area contributed by atoms with Crippen LogP contribution in [0.1, 0.15) is 43.6 Å². The summed E-state index contributed by atoms with van der Waals surface area (Å²) in [7, 11) is 0. The summed E-state index contributed by atoms with van der Waals surface area (Å²) in [6.07, 6.45) is 0. The lowest BCUT2D eigenvalue weighted by Gasteiger charge is -2.25. The minimum atomic E-state index is -0.758. The van der Waals surface area contributed by atoms with Crippen LogP contribution in [0.25, 0.3) is 0 Å². The molecule has 0 unspecified atom stereocenters. The molecule has 0 aromatic heterocycles. The lowest BCUT2D eigenvalue weighted by molar-refractivity contribution is -0.156. The van der Waals surface area contributed by atoms with Crippen molar-refractivity contribution in [2.24, 2.45) is 0 Å². The van der Waals surface area contributed by atoms with Crippen molar-refractivity contribution in [2.75, 3.05) is 29.7 Å². The van der Waals surface area contributed by atoms with Crippen LogP contribution in [0.15, 0.2) is 42.5 Å². The van der Waals surface area contributed by atoms with Crippen molar-refractivity contribution in [2.45, 2.75) is 46.3 Å². The van der Waals surface area contributed by atoms with E-state index in [9.17, 15) is 9.59 Å². The first-order valence-corrected chi connectivity index (χ1v) is 11.9. The number of rotatable bonds is 10. The zero-order valence-corrected chi connectivity index (χ0v) is 21.3. The van der Waals surface area contributed by atoms with Crippen LogP contribution in [0, 0.1) is 6.92 Å². The number of benzene rings is 2. The third kappa shape index (κ3) is 8.45. The Hall–Kier alpha value is -2.44. The van der Waals surface area contributed by atoms with Crippen LogP contribution in [-0.2, 0) is 9.53 Å². The molecule has 0 spiro atoms. The number of amides is 1. The number of anilines is 1. The minimum Gasteiger partial charge on any atom is -0.458 e. The fourth-order valence-electron chi connectivity index (χ4n) is 3.14. The average molecular weight is 495 g/mol. The molecule has 2 aromatic carbocycles. The summed E-state index contributed by atoms with van der Waals surface area (Å²) in [5.74, 6) is 1.47. The maximum Gasteiger partial charge on any atom is 0.328 e. The maximum absolute atomic E-state index is 12.5. The Kier molecular flexibility index (Phi) is 9.87. The zero-order valence-electron chi connectivity index (χ0n) is 19.8. The Morgan fingerprint density at radius 1 is 1.00 bits per heavy atom. The van der Waals surface area contributed by atoms with Crippen LogP contribution >= 0.6 is 23.2 Å². The number of carbonyl (C=O) groups excluding carboxylic acids is 2. The van der Waals surface area contributed by atoms with Crippen molar-refractivity contribution in [3.8, 4) is 11.5 Å². The van der Waals surface area contributed by atoms with E-state index < -0.39 is 17.6 Å².